The zero-order valence-corrected chi connectivity index (χ0v) is 13.2. The Bertz CT molecular complexity index is 387. The summed E-state index contributed by atoms with van der Waals surface area (Å²) < 4.78 is 0. The Hall–Kier alpha value is -0.770. The lowest BCUT2D eigenvalue weighted by Gasteiger charge is -2.56. The Kier molecular flexibility index (Phi) is 3.40. The monoisotopic (exact) mass is 291 g/mol. The molecule has 2 amide bonds. The summed E-state index contributed by atoms with van der Waals surface area (Å²) in [5.74, 6) is 2.66. The van der Waals surface area contributed by atoms with Crippen LogP contribution in [0.4, 0.5) is 4.79 Å². The zero-order valence-electron chi connectivity index (χ0n) is 13.2. The van der Waals surface area contributed by atoms with Gasteiger partial charge in [0, 0.05) is 18.1 Å². The van der Waals surface area contributed by atoms with Gasteiger partial charge in [0.15, 0.2) is 0 Å². The van der Waals surface area contributed by atoms with E-state index in [1.807, 2.05) is 0 Å². The number of hydrogen-bond acceptors (Lipinski definition) is 2. The second-order valence-electron chi connectivity index (χ2n) is 8.40. The number of amides is 2. The van der Waals surface area contributed by atoms with Crippen LogP contribution in [0.15, 0.2) is 0 Å². The Morgan fingerprint density at radius 3 is 2.29 bits per heavy atom. The maximum atomic E-state index is 12.5. The number of nitrogens with one attached hydrogen (secondary N) is 2. The third-order valence-electron chi connectivity index (χ3n) is 6.38. The van der Waals surface area contributed by atoms with E-state index in [4.69, 9.17) is 0 Å². The van der Waals surface area contributed by atoms with Crippen molar-refractivity contribution in [3.8, 4) is 0 Å². The number of carbonyl (C=O) groups is 1. The van der Waals surface area contributed by atoms with E-state index in [-0.39, 0.29) is 11.6 Å². The molecule has 2 N–H and O–H groups in total. The van der Waals surface area contributed by atoms with Gasteiger partial charge >= 0.3 is 6.03 Å². The molecule has 4 bridgehead atoms. The van der Waals surface area contributed by atoms with Crippen LogP contribution >= 0.6 is 0 Å². The largest absolute Gasteiger partial charge is 0.334 e. The number of carbonyl (C=O) groups excluding carboxylic acids is 1. The fourth-order valence-corrected chi connectivity index (χ4v) is 6.01. The van der Waals surface area contributed by atoms with Crippen molar-refractivity contribution in [3.63, 3.8) is 0 Å². The van der Waals surface area contributed by atoms with Crippen LogP contribution in [0.5, 0.6) is 0 Å². The molecule has 21 heavy (non-hydrogen) atoms. The number of nitrogens with zero attached hydrogens (tertiary/aromatic N) is 1. The van der Waals surface area contributed by atoms with E-state index >= 15 is 0 Å². The minimum atomic E-state index is 0.0947. The first kappa shape index (κ1) is 13.9. The summed E-state index contributed by atoms with van der Waals surface area (Å²) in [4.78, 5) is 14.8. The molecule has 0 spiro atoms. The highest BCUT2D eigenvalue weighted by molar-refractivity contribution is 5.75. The van der Waals surface area contributed by atoms with Gasteiger partial charge in [0.2, 0.25) is 0 Å². The summed E-state index contributed by atoms with van der Waals surface area (Å²) >= 11 is 0. The van der Waals surface area contributed by atoms with E-state index in [1.54, 1.807) is 0 Å². The summed E-state index contributed by atoms with van der Waals surface area (Å²) in [7, 11) is 2.14. The number of hydrogen-bond donors (Lipinski definition) is 2. The van der Waals surface area contributed by atoms with Crippen LogP contribution in [0.2, 0.25) is 0 Å². The summed E-state index contributed by atoms with van der Waals surface area (Å²) in [5.41, 5.74) is 0.138. The Balaban J connectivity index is 1.36. The van der Waals surface area contributed by atoms with Gasteiger partial charge in [0.25, 0.3) is 0 Å². The van der Waals surface area contributed by atoms with Gasteiger partial charge in [-0.1, -0.05) is 0 Å². The van der Waals surface area contributed by atoms with Crippen molar-refractivity contribution >= 4 is 6.03 Å². The summed E-state index contributed by atoms with van der Waals surface area (Å²) in [6.07, 6.45) is 10.3. The molecule has 5 aliphatic rings. The van der Waals surface area contributed by atoms with E-state index in [0.29, 0.717) is 6.04 Å². The maximum Gasteiger partial charge on any atom is 0.315 e. The lowest BCUT2D eigenvalue weighted by molar-refractivity contribution is -0.0137. The van der Waals surface area contributed by atoms with Crippen molar-refractivity contribution in [1.82, 2.24) is 15.5 Å². The molecule has 1 unspecified atom stereocenters. The standard InChI is InChI=1S/C17H29N3O/c1-20-4-2-3-15(11-20)18-16(21)19-17-8-12-5-13(9-17)7-14(6-12)10-17/h12-15H,2-11H2,1H3,(H2,18,19,21). The van der Waals surface area contributed by atoms with Crippen LogP contribution in [0.25, 0.3) is 0 Å². The molecule has 4 saturated carbocycles. The van der Waals surface area contributed by atoms with E-state index in [2.05, 4.69) is 22.6 Å². The third-order valence-corrected chi connectivity index (χ3v) is 6.38. The molecule has 1 atom stereocenters. The zero-order chi connectivity index (χ0) is 14.4. The van der Waals surface area contributed by atoms with Crippen LogP contribution in [-0.4, -0.2) is 42.6 Å². The molecular formula is C17H29N3O. The van der Waals surface area contributed by atoms with Crippen LogP contribution in [-0.2, 0) is 0 Å². The number of urea groups is 1. The van der Waals surface area contributed by atoms with Crippen molar-refractivity contribution in [1.29, 1.82) is 0 Å². The Labute approximate surface area is 128 Å². The molecule has 0 aromatic carbocycles. The molecule has 1 aliphatic heterocycles. The van der Waals surface area contributed by atoms with Crippen molar-refractivity contribution in [2.75, 3.05) is 20.1 Å². The van der Waals surface area contributed by atoms with Crippen LogP contribution in [0, 0.1) is 17.8 Å². The predicted molar refractivity (Wildman–Crippen MR) is 83.1 cm³/mol. The Morgan fingerprint density at radius 1 is 1.10 bits per heavy atom. The molecule has 0 aromatic rings. The van der Waals surface area contributed by atoms with Gasteiger partial charge in [-0.25, -0.2) is 4.79 Å². The second-order valence-corrected chi connectivity index (χ2v) is 8.40. The smallest absolute Gasteiger partial charge is 0.315 e. The maximum absolute atomic E-state index is 12.5. The highest BCUT2D eigenvalue weighted by atomic mass is 16.2. The number of rotatable bonds is 2. The first-order valence-corrected chi connectivity index (χ1v) is 8.87. The summed E-state index contributed by atoms with van der Waals surface area (Å²) in [5, 5.41) is 6.65. The Morgan fingerprint density at radius 2 is 1.71 bits per heavy atom. The fraction of sp³-hybridized carbons (Fsp3) is 0.941. The van der Waals surface area contributed by atoms with E-state index in [1.165, 1.54) is 44.9 Å². The van der Waals surface area contributed by atoms with Crippen molar-refractivity contribution in [2.45, 2.75) is 62.9 Å². The number of likely N-dealkylation sites (tertiary alicyclic amines) is 1. The number of piperidine rings is 1. The lowest BCUT2D eigenvalue weighted by atomic mass is 9.53. The molecule has 0 aromatic heterocycles. The molecule has 4 aliphatic carbocycles. The predicted octanol–water partition coefficient (Wildman–Crippen LogP) is 2.35. The van der Waals surface area contributed by atoms with Gasteiger partial charge in [-0.05, 0) is 82.7 Å². The molecule has 1 heterocycles. The first-order valence-electron chi connectivity index (χ1n) is 8.87. The fourth-order valence-electron chi connectivity index (χ4n) is 6.01. The molecule has 0 radical (unpaired) electrons. The van der Waals surface area contributed by atoms with Gasteiger partial charge in [-0.3, -0.25) is 0 Å². The summed E-state index contributed by atoms with van der Waals surface area (Å²) in [6.45, 7) is 2.16. The van der Waals surface area contributed by atoms with Crippen molar-refractivity contribution in [2.24, 2.45) is 17.8 Å². The number of likely N-dealkylation sites (N-methyl/N-ethyl adjacent to an activating group) is 1. The van der Waals surface area contributed by atoms with E-state index in [9.17, 15) is 4.79 Å². The first-order chi connectivity index (χ1) is 10.1. The van der Waals surface area contributed by atoms with Crippen LogP contribution < -0.4 is 10.6 Å². The second kappa shape index (κ2) is 5.15. The molecular weight excluding hydrogens is 262 g/mol. The molecule has 118 valence electrons. The highest BCUT2D eigenvalue weighted by Crippen LogP contribution is 2.55. The van der Waals surface area contributed by atoms with E-state index in [0.717, 1.165) is 37.3 Å². The van der Waals surface area contributed by atoms with Gasteiger partial charge < -0.3 is 15.5 Å². The molecule has 1 saturated heterocycles. The molecule has 4 nitrogen and oxygen atoms in total. The minimum absolute atomic E-state index is 0.0947. The van der Waals surface area contributed by atoms with Gasteiger partial charge in [0.05, 0.1) is 0 Å². The van der Waals surface area contributed by atoms with E-state index < -0.39 is 0 Å². The average molecular weight is 291 g/mol. The molecule has 5 fully saturated rings. The topological polar surface area (TPSA) is 44.4 Å². The SMILES string of the molecule is CN1CCCC(NC(=O)NC23CC4CC(CC(C4)C2)C3)C1. The lowest BCUT2D eigenvalue weighted by Crippen LogP contribution is -2.62. The van der Waals surface area contributed by atoms with Crippen molar-refractivity contribution < 1.29 is 4.79 Å². The highest BCUT2D eigenvalue weighted by Gasteiger charge is 2.51. The van der Waals surface area contributed by atoms with Gasteiger partial charge in [-0.15, -0.1) is 0 Å². The third kappa shape index (κ3) is 2.79. The minimum Gasteiger partial charge on any atom is -0.334 e. The van der Waals surface area contributed by atoms with Crippen LogP contribution in [0.3, 0.4) is 0 Å². The molecule has 5 rings (SSSR count). The molecule has 4 heteroatoms. The van der Waals surface area contributed by atoms with Gasteiger partial charge in [0.1, 0.15) is 0 Å². The quantitative estimate of drug-likeness (QED) is 0.820. The normalized spacial score (nSPS) is 45.6. The average Bonchev–Trinajstić information content (AvgIpc) is 2.35. The summed E-state index contributed by atoms with van der Waals surface area (Å²) in [6, 6.07) is 0.426. The van der Waals surface area contributed by atoms with Gasteiger partial charge in [-0.2, -0.15) is 0 Å². The van der Waals surface area contributed by atoms with Crippen molar-refractivity contribution in [3.05, 3.63) is 0 Å². The van der Waals surface area contributed by atoms with Crippen LogP contribution in [0.1, 0.15) is 51.4 Å².